The first-order valence-corrected chi connectivity index (χ1v) is 13.0. The van der Waals surface area contributed by atoms with E-state index in [4.69, 9.17) is 9.47 Å². The number of amides is 2. The zero-order valence-electron chi connectivity index (χ0n) is 19.0. The van der Waals surface area contributed by atoms with Crippen molar-refractivity contribution >= 4 is 21.7 Å². The number of nitrogens with one attached hydrogen (secondary N) is 1. The van der Waals surface area contributed by atoms with E-state index >= 15 is 0 Å². The van der Waals surface area contributed by atoms with Crippen LogP contribution in [0, 0.1) is 0 Å². The maximum Gasteiger partial charge on any atom is 0.255 e. The molecule has 1 heterocycles. The Bertz CT molecular complexity index is 1190. The van der Waals surface area contributed by atoms with Gasteiger partial charge in [0.05, 0.1) is 36.6 Å². The molecule has 0 spiro atoms. The summed E-state index contributed by atoms with van der Waals surface area (Å²) in [5.74, 6) is 0.119. The first-order valence-electron chi connectivity index (χ1n) is 10.9. The number of rotatable bonds is 9. The molecule has 9 heteroatoms. The van der Waals surface area contributed by atoms with E-state index in [1.54, 1.807) is 36.4 Å². The smallest absolute Gasteiger partial charge is 0.255 e. The number of hydrogen-bond donors (Lipinski definition) is 1. The average Bonchev–Trinajstić information content (AvgIpc) is 3.52. The highest BCUT2D eigenvalue weighted by Gasteiger charge is 2.38. The molecule has 2 aromatic carbocycles. The van der Waals surface area contributed by atoms with Crippen molar-refractivity contribution in [2.75, 3.05) is 25.7 Å². The molecule has 4 rings (SSSR count). The van der Waals surface area contributed by atoms with Gasteiger partial charge in [0, 0.05) is 18.8 Å². The van der Waals surface area contributed by atoms with Crippen molar-refractivity contribution in [1.82, 2.24) is 10.2 Å². The minimum atomic E-state index is -3.44. The van der Waals surface area contributed by atoms with Crippen molar-refractivity contribution in [3.8, 4) is 11.5 Å². The monoisotopic (exact) mass is 472 g/mol. The van der Waals surface area contributed by atoms with Gasteiger partial charge in [-0.1, -0.05) is 18.2 Å². The Morgan fingerprint density at radius 1 is 1.21 bits per heavy atom. The van der Waals surface area contributed by atoms with Crippen LogP contribution in [0.1, 0.15) is 57.7 Å². The fourth-order valence-corrected chi connectivity index (χ4v) is 5.08. The van der Waals surface area contributed by atoms with Gasteiger partial charge in [-0.25, -0.2) is 8.42 Å². The lowest BCUT2D eigenvalue weighted by Gasteiger charge is -2.28. The molecule has 1 N–H and O–H groups in total. The van der Waals surface area contributed by atoms with E-state index in [2.05, 4.69) is 5.32 Å². The van der Waals surface area contributed by atoms with E-state index in [-0.39, 0.29) is 30.2 Å². The zero-order chi connectivity index (χ0) is 23.8. The van der Waals surface area contributed by atoms with Crippen molar-refractivity contribution in [3.63, 3.8) is 0 Å². The molecule has 0 radical (unpaired) electrons. The number of ether oxygens (including phenoxy) is 2. The molecule has 1 aliphatic heterocycles. The number of carbonyl (C=O) groups excluding carboxylic acids is 2. The van der Waals surface area contributed by atoms with Gasteiger partial charge in [-0.3, -0.25) is 9.59 Å². The van der Waals surface area contributed by atoms with Gasteiger partial charge in [-0.15, -0.1) is 0 Å². The molecular formula is C24H28N2O6S. The second-order valence-corrected chi connectivity index (χ2v) is 10.7. The van der Waals surface area contributed by atoms with Gasteiger partial charge in [0.25, 0.3) is 11.8 Å². The fourth-order valence-electron chi connectivity index (χ4n) is 4.14. The van der Waals surface area contributed by atoms with E-state index in [1.165, 1.54) is 12.0 Å². The molecule has 2 aliphatic rings. The van der Waals surface area contributed by atoms with Crippen LogP contribution in [0.4, 0.5) is 0 Å². The maximum atomic E-state index is 13.6. The molecule has 1 fully saturated rings. The number of methoxy groups -OCH3 is 1. The fraction of sp³-hybridized carbons (Fsp3) is 0.417. The van der Waals surface area contributed by atoms with Crippen molar-refractivity contribution in [2.45, 2.75) is 38.4 Å². The van der Waals surface area contributed by atoms with E-state index in [0.29, 0.717) is 40.4 Å². The SMILES string of the molecule is CCOc1cc(C(CS(C)(=O)=O)N2Cc3cccc(C(=O)NC4CC4)c3C2=O)ccc1OC. The van der Waals surface area contributed by atoms with Crippen LogP contribution in [-0.2, 0) is 16.4 Å². The maximum absolute atomic E-state index is 13.6. The van der Waals surface area contributed by atoms with Gasteiger partial charge in [-0.2, -0.15) is 0 Å². The van der Waals surface area contributed by atoms with Crippen LogP contribution in [0.15, 0.2) is 36.4 Å². The van der Waals surface area contributed by atoms with Gasteiger partial charge in [0.2, 0.25) is 0 Å². The van der Waals surface area contributed by atoms with Crippen molar-refractivity contribution < 1.29 is 27.5 Å². The van der Waals surface area contributed by atoms with Crippen LogP contribution in [0.5, 0.6) is 11.5 Å². The summed E-state index contributed by atoms with van der Waals surface area (Å²) in [5, 5.41) is 2.93. The highest BCUT2D eigenvalue weighted by Crippen LogP contribution is 2.37. The molecule has 8 nitrogen and oxygen atoms in total. The molecule has 1 aliphatic carbocycles. The molecule has 2 aromatic rings. The van der Waals surface area contributed by atoms with Gasteiger partial charge in [0.15, 0.2) is 11.5 Å². The molecular weight excluding hydrogens is 444 g/mol. The molecule has 0 aromatic heterocycles. The Kier molecular flexibility index (Phi) is 6.34. The van der Waals surface area contributed by atoms with E-state index in [9.17, 15) is 18.0 Å². The first-order chi connectivity index (χ1) is 15.7. The minimum absolute atomic E-state index is 0.162. The van der Waals surface area contributed by atoms with Crippen LogP contribution in [0.25, 0.3) is 0 Å². The van der Waals surface area contributed by atoms with E-state index in [0.717, 1.165) is 19.1 Å². The summed E-state index contributed by atoms with van der Waals surface area (Å²) >= 11 is 0. The molecule has 2 amide bonds. The second-order valence-electron chi connectivity index (χ2n) is 8.47. The Morgan fingerprint density at radius 3 is 2.61 bits per heavy atom. The Labute approximate surface area is 193 Å². The second kappa shape index (κ2) is 9.05. The standard InChI is InChI=1S/C24H28N2O6S/c1-4-32-21-12-15(8-11-20(21)31-2)19(14-33(3,29)30)26-13-16-6-5-7-18(22(16)24(26)28)23(27)25-17-9-10-17/h5-8,11-12,17,19H,4,9-10,13-14H2,1-3H3,(H,25,27). The normalized spacial score (nSPS) is 16.3. The summed E-state index contributed by atoms with van der Waals surface area (Å²) in [7, 11) is -1.91. The number of hydrogen-bond acceptors (Lipinski definition) is 6. The van der Waals surface area contributed by atoms with Crippen molar-refractivity contribution in [1.29, 1.82) is 0 Å². The number of carbonyl (C=O) groups is 2. The van der Waals surface area contributed by atoms with Crippen LogP contribution in [0.2, 0.25) is 0 Å². The zero-order valence-corrected chi connectivity index (χ0v) is 19.8. The largest absolute Gasteiger partial charge is 0.493 e. The predicted molar refractivity (Wildman–Crippen MR) is 123 cm³/mol. The predicted octanol–water partition coefficient (Wildman–Crippen LogP) is 2.73. The topological polar surface area (TPSA) is 102 Å². The Morgan fingerprint density at radius 2 is 1.97 bits per heavy atom. The first kappa shape index (κ1) is 23.1. The van der Waals surface area contributed by atoms with Gasteiger partial charge in [0.1, 0.15) is 9.84 Å². The van der Waals surface area contributed by atoms with Gasteiger partial charge >= 0.3 is 0 Å². The van der Waals surface area contributed by atoms with E-state index in [1.807, 2.05) is 6.92 Å². The lowest BCUT2D eigenvalue weighted by molar-refractivity contribution is 0.0713. The van der Waals surface area contributed by atoms with Crippen LogP contribution in [0.3, 0.4) is 0 Å². The molecule has 0 saturated heterocycles. The number of sulfone groups is 1. The third-order valence-electron chi connectivity index (χ3n) is 5.83. The molecule has 0 bridgehead atoms. The lowest BCUT2D eigenvalue weighted by atomic mass is 10.0. The summed E-state index contributed by atoms with van der Waals surface area (Å²) in [4.78, 5) is 27.8. The summed E-state index contributed by atoms with van der Waals surface area (Å²) in [6.07, 6.45) is 3.03. The average molecular weight is 473 g/mol. The summed E-state index contributed by atoms with van der Waals surface area (Å²) in [6.45, 7) is 2.47. The summed E-state index contributed by atoms with van der Waals surface area (Å²) in [5.41, 5.74) is 2.00. The molecule has 1 atom stereocenters. The Hall–Kier alpha value is -3.07. The molecule has 1 unspecified atom stereocenters. The molecule has 33 heavy (non-hydrogen) atoms. The van der Waals surface area contributed by atoms with Crippen molar-refractivity contribution in [2.24, 2.45) is 0 Å². The number of fused-ring (bicyclic) bond motifs is 1. The van der Waals surface area contributed by atoms with Crippen molar-refractivity contribution in [3.05, 3.63) is 58.7 Å². The molecule has 1 saturated carbocycles. The minimum Gasteiger partial charge on any atom is -0.493 e. The highest BCUT2D eigenvalue weighted by molar-refractivity contribution is 7.90. The van der Waals surface area contributed by atoms with Gasteiger partial charge < -0.3 is 19.7 Å². The Balaban J connectivity index is 1.72. The van der Waals surface area contributed by atoms with E-state index < -0.39 is 15.9 Å². The highest BCUT2D eigenvalue weighted by atomic mass is 32.2. The lowest BCUT2D eigenvalue weighted by Crippen LogP contribution is -2.34. The third kappa shape index (κ3) is 4.98. The summed E-state index contributed by atoms with van der Waals surface area (Å²) < 4.78 is 35.7. The van der Waals surface area contributed by atoms with Crippen LogP contribution in [-0.4, -0.2) is 56.9 Å². The van der Waals surface area contributed by atoms with Gasteiger partial charge in [-0.05, 0) is 49.1 Å². The summed E-state index contributed by atoms with van der Waals surface area (Å²) in [6, 6.07) is 9.78. The van der Waals surface area contributed by atoms with Crippen LogP contribution < -0.4 is 14.8 Å². The van der Waals surface area contributed by atoms with Crippen LogP contribution >= 0.6 is 0 Å². The number of nitrogens with zero attached hydrogens (tertiary/aromatic N) is 1. The number of benzene rings is 2. The third-order valence-corrected chi connectivity index (χ3v) is 6.75. The molecule has 176 valence electrons. The quantitative estimate of drug-likeness (QED) is 0.602.